The lowest BCUT2D eigenvalue weighted by Crippen LogP contribution is -2.10. The van der Waals surface area contributed by atoms with Crippen molar-refractivity contribution in [2.75, 3.05) is 12.4 Å². The molecule has 0 spiro atoms. The van der Waals surface area contributed by atoms with E-state index in [0.717, 1.165) is 6.08 Å². The zero-order valence-corrected chi connectivity index (χ0v) is 10.6. The molecule has 0 aromatic heterocycles. The van der Waals surface area contributed by atoms with E-state index in [4.69, 9.17) is 16.7 Å². The van der Waals surface area contributed by atoms with E-state index < -0.39 is 17.8 Å². The van der Waals surface area contributed by atoms with Crippen LogP contribution in [0.5, 0.6) is 0 Å². The molecule has 0 aliphatic rings. The Labute approximate surface area is 113 Å². The van der Waals surface area contributed by atoms with Gasteiger partial charge in [0, 0.05) is 12.2 Å². The van der Waals surface area contributed by atoms with E-state index in [1.807, 2.05) is 0 Å². The topological polar surface area (TPSA) is 92.7 Å². The Morgan fingerprint density at radius 3 is 2.58 bits per heavy atom. The molecule has 1 amide bonds. The summed E-state index contributed by atoms with van der Waals surface area (Å²) >= 11 is 5.84. The minimum Gasteiger partial charge on any atom is -0.478 e. The number of anilines is 1. The molecular formula is C12H10ClNO5. The highest BCUT2D eigenvalue weighted by atomic mass is 35.5. The summed E-state index contributed by atoms with van der Waals surface area (Å²) in [5, 5.41) is 10.9. The largest absolute Gasteiger partial charge is 0.478 e. The monoisotopic (exact) mass is 283 g/mol. The fraction of sp³-hybridized carbons (Fsp3) is 0.0833. The van der Waals surface area contributed by atoms with Crippen molar-refractivity contribution in [1.82, 2.24) is 0 Å². The molecule has 1 aromatic carbocycles. The molecule has 7 heteroatoms. The molecule has 0 saturated heterocycles. The van der Waals surface area contributed by atoms with Gasteiger partial charge in [-0.15, -0.1) is 0 Å². The molecule has 2 N–H and O–H groups in total. The second kappa shape index (κ2) is 6.55. The molecule has 6 nitrogen and oxygen atoms in total. The number of halogens is 1. The third-order valence-electron chi connectivity index (χ3n) is 2.02. The Bertz CT molecular complexity index is 553. The molecule has 0 fully saturated rings. The van der Waals surface area contributed by atoms with Crippen LogP contribution >= 0.6 is 11.6 Å². The van der Waals surface area contributed by atoms with Crippen molar-refractivity contribution in [3.8, 4) is 0 Å². The quantitative estimate of drug-likeness (QED) is 0.648. The number of carboxylic acid groups (broad SMARTS) is 1. The number of carboxylic acids is 1. The first-order valence-corrected chi connectivity index (χ1v) is 5.41. The van der Waals surface area contributed by atoms with Crippen LogP contribution in [0.4, 0.5) is 5.69 Å². The maximum absolute atomic E-state index is 11.4. The lowest BCUT2D eigenvalue weighted by Gasteiger charge is -2.07. The lowest BCUT2D eigenvalue weighted by molar-refractivity contribution is -0.131. The summed E-state index contributed by atoms with van der Waals surface area (Å²) < 4.78 is 4.53. The maximum Gasteiger partial charge on any atom is 0.337 e. The zero-order chi connectivity index (χ0) is 14.4. The Kier molecular flexibility index (Phi) is 5.08. The molecule has 0 radical (unpaired) electrons. The second-order valence-corrected chi connectivity index (χ2v) is 3.75. The van der Waals surface area contributed by atoms with E-state index in [0.29, 0.717) is 6.08 Å². The second-order valence-electron chi connectivity index (χ2n) is 3.35. The number of hydrogen-bond donors (Lipinski definition) is 2. The highest BCUT2D eigenvalue weighted by molar-refractivity contribution is 6.34. The number of hydrogen-bond acceptors (Lipinski definition) is 4. The van der Waals surface area contributed by atoms with Crippen LogP contribution in [0.25, 0.3) is 0 Å². The van der Waals surface area contributed by atoms with Crippen molar-refractivity contribution in [3.63, 3.8) is 0 Å². The van der Waals surface area contributed by atoms with Crippen LogP contribution in [0.15, 0.2) is 30.4 Å². The van der Waals surface area contributed by atoms with Crippen molar-refractivity contribution in [2.24, 2.45) is 0 Å². The Balaban J connectivity index is 2.91. The molecular weight excluding hydrogens is 274 g/mol. The highest BCUT2D eigenvalue weighted by Gasteiger charge is 2.10. The van der Waals surface area contributed by atoms with E-state index in [2.05, 4.69) is 10.1 Å². The van der Waals surface area contributed by atoms with Crippen LogP contribution in [0.2, 0.25) is 5.02 Å². The van der Waals surface area contributed by atoms with E-state index in [9.17, 15) is 14.4 Å². The van der Waals surface area contributed by atoms with Crippen LogP contribution < -0.4 is 5.32 Å². The standard InChI is InChI=1S/C12H10ClNO5/c1-19-12(18)7-2-3-8(13)9(6-7)14-10(15)4-5-11(16)17/h2-6H,1H3,(H,14,15)(H,16,17)/b5-4+. The van der Waals surface area contributed by atoms with Crippen molar-refractivity contribution in [1.29, 1.82) is 0 Å². The molecule has 1 aromatic rings. The SMILES string of the molecule is COC(=O)c1ccc(Cl)c(NC(=O)/C=C/C(=O)O)c1. The van der Waals surface area contributed by atoms with Crippen LogP contribution in [-0.4, -0.2) is 30.1 Å². The summed E-state index contributed by atoms with van der Waals surface area (Å²) in [4.78, 5) is 32.9. The number of amides is 1. The summed E-state index contributed by atoms with van der Waals surface area (Å²) in [5.74, 6) is -2.50. The van der Waals surface area contributed by atoms with E-state index in [-0.39, 0.29) is 16.3 Å². The van der Waals surface area contributed by atoms with Gasteiger partial charge in [0.15, 0.2) is 0 Å². The number of rotatable bonds is 4. The number of esters is 1. The molecule has 0 unspecified atom stereocenters. The first-order valence-electron chi connectivity index (χ1n) is 5.04. The first-order chi connectivity index (χ1) is 8.93. The minimum atomic E-state index is -1.25. The Morgan fingerprint density at radius 1 is 1.32 bits per heavy atom. The van der Waals surface area contributed by atoms with Crippen LogP contribution in [0, 0.1) is 0 Å². The van der Waals surface area contributed by atoms with Gasteiger partial charge in [-0.05, 0) is 18.2 Å². The third kappa shape index (κ3) is 4.44. The van der Waals surface area contributed by atoms with Crippen molar-refractivity contribution in [3.05, 3.63) is 40.9 Å². The summed E-state index contributed by atoms with van der Waals surface area (Å²) in [7, 11) is 1.23. The number of aliphatic carboxylic acids is 1. The van der Waals surface area contributed by atoms with E-state index in [1.54, 1.807) is 0 Å². The fourth-order valence-corrected chi connectivity index (χ4v) is 1.35. The van der Waals surface area contributed by atoms with Crippen LogP contribution in [-0.2, 0) is 14.3 Å². The molecule has 0 aliphatic carbocycles. The lowest BCUT2D eigenvalue weighted by atomic mass is 10.2. The van der Waals surface area contributed by atoms with Crippen LogP contribution in [0.3, 0.4) is 0 Å². The zero-order valence-electron chi connectivity index (χ0n) is 9.84. The number of carbonyl (C=O) groups is 3. The minimum absolute atomic E-state index is 0.185. The van der Waals surface area contributed by atoms with Gasteiger partial charge in [0.25, 0.3) is 0 Å². The average molecular weight is 284 g/mol. The summed E-state index contributed by atoms with van der Waals surface area (Å²) in [6.45, 7) is 0. The van der Waals surface area contributed by atoms with Gasteiger partial charge >= 0.3 is 11.9 Å². The van der Waals surface area contributed by atoms with E-state index >= 15 is 0 Å². The molecule has 0 bridgehead atoms. The van der Waals surface area contributed by atoms with Gasteiger partial charge in [0.2, 0.25) is 5.91 Å². The highest BCUT2D eigenvalue weighted by Crippen LogP contribution is 2.23. The van der Waals surface area contributed by atoms with Gasteiger partial charge in [0.1, 0.15) is 0 Å². The fourth-order valence-electron chi connectivity index (χ4n) is 1.19. The number of benzene rings is 1. The van der Waals surface area contributed by atoms with Gasteiger partial charge in [0.05, 0.1) is 23.4 Å². The van der Waals surface area contributed by atoms with Gasteiger partial charge in [-0.3, -0.25) is 4.79 Å². The molecule has 0 heterocycles. The maximum atomic E-state index is 11.4. The number of methoxy groups -OCH3 is 1. The number of carbonyl (C=O) groups excluding carboxylic acids is 2. The third-order valence-corrected chi connectivity index (χ3v) is 2.35. The predicted octanol–water partition coefficient (Wildman–Crippen LogP) is 1.71. The molecule has 0 saturated carbocycles. The van der Waals surface area contributed by atoms with Gasteiger partial charge < -0.3 is 15.2 Å². The predicted molar refractivity (Wildman–Crippen MR) is 68.2 cm³/mol. The van der Waals surface area contributed by atoms with E-state index in [1.165, 1.54) is 25.3 Å². The van der Waals surface area contributed by atoms with Crippen LogP contribution in [0.1, 0.15) is 10.4 Å². The Hall–Kier alpha value is -2.34. The van der Waals surface area contributed by atoms with Crippen molar-refractivity contribution >= 4 is 35.1 Å². The number of nitrogens with one attached hydrogen (secondary N) is 1. The van der Waals surface area contributed by atoms with Gasteiger partial charge in [-0.1, -0.05) is 11.6 Å². The molecule has 100 valence electrons. The van der Waals surface area contributed by atoms with Crippen molar-refractivity contribution < 1.29 is 24.2 Å². The molecule has 0 aliphatic heterocycles. The summed E-state index contributed by atoms with van der Waals surface area (Å²) in [6.07, 6.45) is 1.52. The summed E-state index contributed by atoms with van der Waals surface area (Å²) in [5.41, 5.74) is 0.397. The molecule has 0 atom stereocenters. The number of ether oxygens (including phenoxy) is 1. The normalized spacial score (nSPS) is 10.2. The van der Waals surface area contributed by atoms with Crippen molar-refractivity contribution in [2.45, 2.75) is 0 Å². The smallest absolute Gasteiger partial charge is 0.337 e. The summed E-state index contributed by atoms with van der Waals surface area (Å²) in [6, 6.07) is 4.20. The first kappa shape index (κ1) is 14.7. The van der Waals surface area contributed by atoms with Gasteiger partial charge in [-0.2, -0.15) is 0 Å². The van der Waals surface area contributed by atoms with Gasteiger partial charge in [-0.25, -0.2) is 9.59 Å². The Morgan fingerprint density at radius 2 is 2.00 bits per heavy atom. The molecule has 1 rings (SSSR count). The average Bonchev–Trinajstić information content (AvgIpc) is 2.38. The molecule has 19 heavy (non-hydrogen) atoms.